The minimum Gasteiger partial charge on any atom is -0.390 e. The molecule has 3 unspecified atom stereocenters. The minimum absolute atomic E-state index is 0.206. The molecule has 0 saturated heterocycles. The van der Waals surface area contributed by atoms with E-state index in [1.807, 2.05) is 0 Å². The third kappa shape index (κ3) is 3.95. The molecule has 3 nitrogen and oxygen atoms in total. The van der Waals surface area contributed by atoms with Gasteiger partial charge in [-0.05, 0) is 31.1 Å². The van der Waals surface area contributed by atoms with Crippen molar-refractivity contribution >= 4 is 9.84 Å². The van der Waals surface area contributed by atoms with Gasteiger partial charge in [-0.15, -0.1) is 0 Å². The first kappa shape index (κ1) is 15.0. The Morgan fingerprint density at radius 2 is 2.00 bits per heavy atom. The first-order valence-electron chi connectivity index (χ1n) is 6.73. The SMILES string of the molecule is CCS(=O)(=O)CCCC1(O)CCCC(C)C1C. The fourth-order valence-electron chi connectivity index (χ4n) is 2.83. The average molecular weight is 262 g/mol. The van der Waals surface area contributed by atoms with Crippen LogP contribution in [-0.2, 0) is 9.84 Å². The molecule has 1 N–H and O–H groups in total. The van der Waals surface area contributed by atoms with Gasteiger partial charge in [-0.25, -0.2) is 8.42 Å². The van der Waals surface area contributed by atoms with E-state index in [2.05, 4.69) is 13.8 Å². The Labute approximate surface area is 106 Å². The second-order valence-corrected chi connectivity index (χ2v) is 8.07. The number of sulfone groups is 1. The van der Waals surface area contributed by atoms with Gasteiger partial charge in [-0.1, -0.05) is 33.6 Å². The van der Waals surface area contributed by atoms with Crippen LogP contribution < -0.4 is 0 Å². The maximum Gasteiger partial charge on any atom is 0.150 e. The highest BCUT2D eigenvalue weighted by Crippen LogP contribution is 2.40. The van der Waals surface area contributed by atoms with Crippen molar-refractivity contribution in [2.45, 2.75) is 58.5 Å². The largest absolute Gasteiger partial charge is 0.390 e. The van der Waals surface area contributed by atoms with E-state index in [0.717, 1.165) is 12.8 Å². The van der Waals surface area contributed by atoms with Crippen molar-refractivity contribution in [1.29, 1.82) is 0 Å². The van der Waals surface area contributed by atoms with E-state index in [9.17, 15) is 13.5 Å². The quantitative estimate of drug-likeness (QED) is 0.827. The van der Waals surface area contributed by atoms with Gasteiger partial charge in [0.05, 0.1) is 11.4 Å². The van der Waals surface area contributed by atoms with Crippen LogP contribution in [0, 0.1) is 11.8 Å². The summed E-state index contributed by atoms with van der Waals surface area (Å²) in [5.74, 6) is 1.24. The van der Waals surface area contributed by atoms with Gasteiger partial charge in [0.15, 0.2) is 0 Å². The standard InChI is InChI=1S/C13H26O3S/c1-4-17(15,16)10-6-9-13(14)8-5-7-11(2)12(13)3/h11-12,14H,4-10H2,1-3H3. The molecule has 0 aromatic rings. The Morgan fingerprint density at radius 3 is 2.59 bits per heavy atom. The number of aliphatic hydroxyl groups is 1. The van der Waals surface area contributed by atoms with Gasteiger partial charge in [0.25, 0.3) is 0 Å². The lowest BCUT2D eigenvalue weighted by atomic mass is 9.69. The zero-order valence-corrected chi connectivity index (χ0v) is 12.1. The summed E-state index contributed by atoms with van der Waals surface area (Å²) in [5.41, 5.74) is -0.638. The lowest BCUT2D eigenvalue weighted by Crippen LogP contribution is -2.43. The molecule has 4 heteroatoms. The van der Waals surface area contributed by atoms with Crippen LogP contribution in [0.2, 0.25) is 0 Å². The maximum absolute atomic E-state index is 11.4. The summed E-state index contributed by atoms with van der Waals surface area (Å²) in [4.78, 5) is 0. The van der Waals surface area contributed by atoms with E-state index in [1.54, 1.807) is 6.92 Å². The predicted molar refractivity (Wildman–Crippen MR) is 70.7 cm³/mol. The van der Waals surface area contributed by atoms with Crippen LogP contribution in [0.5, 0.6) is 0 Å². The third-order valence-corrected chi connectivity index (χ3v) is 6.27. The first-order valence-corrected chi connectivity index (χ1v) is 8.55. The van der Waals surface area contributed by atoms with Crippen molar-refractivity contribution in [3.05, 3.63) is 0 Å². The van der Waals surface area contributed by atoms with E-state index >= 15 is 0 Å². The highest BCUT2D eigenvalue weighted by molar-refractivity contribution is 7.91. The van der Waals surface area contributed by atoms with Gasteiger partial charge in [0, 0.05) is 5.75 Å². The summed E-state index contributed by atoms with van der Waals surface area (Å²) >= 11 is 0. The molecule has 0 aromatic heterocycles. The molecule has 1 aliphatic rings. The van der Waals surface area contributed by atoms with E-state index in [1.165, 1.54) is 6.42 Å². The van der Waals surface area contributed by atoms with Gasteiger partial charge in [0.1, 0.15) is 9.84 Å². The Bertz CT molecular complexity index is 337. The van der Waals surface area contributed by atoms with Gasteiger partial charge >= 0.3 is 0 Å². The highest BCUT2D eigenvalue weighted by atomic mass is 32.2. The Morgan fingerprint density at radius 1 is 1.35 bits per heavy atom. The fraction of sp³-hybridized carbons (Fsp3) is 1.00. The lowest BCUT2D eigenvalue weighted by Gasteiger charge is -2.42. The fourth-order valence-corrected chi connectivity index (χ4v) is 3.71. The van der Waals surface area contributed by atoms with E-state index < -0.39 is 15.4 Å². The molecular formula is C13H26O3S. The van der Waals surface area contributed by atoms with Crippen LogP contribution in [0.3, 0.4) is 0 Å². The minimum atomic E-state index is -2.89. The molecule has 0 radical (unpaired) electrons. The Balaban J connectivity index is 2.50. The van der Waals surface area contributed by atoms with Gasteiger partial charge in [-0.3, -0.25) is 0 Å². The van der Waals surface area contributed by atoms with Crippen molar-refractivity contribution in [2.24, 2.45) is 11.8 Å². The second-order valence-electron chi connectivity index (χ2n) is 5.60. The third-order valence-electron chi connectivity index (χ3n) is 4.48. The van der Waals surface area contributed by atoms with E-state index in [0.29, 0.717) is 18.8 Å². The monoisotopic (exact) mass is 262 g/mol. The predicted octanol–water partition coefficient (Wildman–Crippen LogP) is 2.39. The van der Waals surface area contributed by atoms with Crippen LogP contribution in [-0.4, -0.2) is 30.6 Å². The number of hydrogen-bond donors (Lipinski definition) is 1. The van der Waals surface area contributed by atoms with Crippen molar-refractivity contribution in [2.75, 3.05) is 11.5 Å². The summed E-state index contributed by atoms with van der Waals surface area (Å²) in [5, 5.41) is 10.6. The number of rotatable bonds is 5. The molecule has 0 spiro atoms. The van der Waals surface area contributed by atoms with Gasteiger partial charge in [0.2, 0.25) is 0 Å². The average Bonchev–Trinajstić information content (AvgIpc) is 2.26. The van der Waals surface area contributed by atoms with Crippen LogP contribution in [0.15, 0.2) is 0 Å². The van der Waals surface area contributed by atoms with Gasteiger partial charge in [-0.2, -0.15) is 0 Å². The van der Waals surface area contributed by atoms with Gasteiger partial charge < -0.3 is 5.11 Å². The Kier molecular flexibility index (Phi) is 5.02. The number of hydrogen-bond acceptors (Lipinski definition) is 3. The zero-order chi connectivity index (χ0) is 13.1. The molecule has 1 aliphatic carbocycles. The first-order chi connectivity index (χ1) is 7.81. The summed E-state index contributed by atoms with van der Waals surface area (Å²) < 4.78 is 22.8. The van der Waals surface area contributed by atoms with Crippen molar-refractivity contribution in [1.82, 2.24) is 0 Å². The molecule has 0 aliphatic heterocycles. The lowest BCUT2D eigenvalue weighted by molar-refractivity contribution is -0.0690. The van der Waals surface area contributed by atoms with Crippen LogP contribution in [0.1, 0.15) is 52.9 Å². The molecular weight excluding hydrogens is 236 g/mol. The molecule has 0 heterocycles. The smallest absolute Gasteiger partial charge is 0.150 e. The van der Waals surface area contributed by atoms with E-state index in [4.69, 9.17) is 0 Å². The molecule has 3 atom stereocenters. The molecule has 1 rings (SSSR count). The van der Waals surface area contributed by atoms with Crippen molar-refractivity contribution in [3.63, 3.8) is 0 Å². The topological polar surface area (TPSA) is 54.4 Å². The summed E-state index contributed by atoms with van der Waals surface area (Å²) in [6.45, 7) is 5.95. The summed E-state index contributed by atoms with van der Waals surface area (Å²) in [7, 11) is -2.89. The molecule has 0 aromatic carbocycles. The molecule has 17 heavy (non-hydrogen) atoms. The zero-order valence-electron chi connectivity index (χ0n) is 11.3. The van der Waals surface area contributed by atoms with Crippen molar-refractivity contribution in [3.8, 4) is 0 Å². The summed E-state index contributed by atoms with van der Waals surface area (Å²) in [6.07, 6.45) is 4.27. The second kappa shape index (κ2) is 5.70. The van der Waals surface area contributed by atoms with Crippen molar-refractivity contribution < 1.29 is 13.5 Å². The van der Waals surface area contributed by atoms with Crippen LogP contribution in [0.25, 0.3) is 0 Å². The molecule has 102 valence electrons. The summed E-state index contributed by atoms with van der Waals surface area (Å²) in [6, 6.07) is 0. The highest BCUT2D eigenvalue weighted by Gasteiger charge is 2.39. The maximum atomic E-state index is 11.4. The van der Waals surface area contributed by atoms with Crippen LogP contribution in [0.4, 0.5) is 0 Å². The van der Waals surface area contributed by atoms with Crippen LogP contribution >= 0.6 is 0 Å². The molecule has 1 saturated carbocycles. The normalized spacial score (nSPS) is 34.8. The molecule has 1 fully saturated rings. The Hall–Kier alpha value is -0.0900. The molecule has 0 amide bonds. The van der Waals surface area contributed by atoms with E-state index in [-0.39, 0.29) is 17.4 Å². The molecule has 0 bridgehead atoms.